The molecule has 282 valence electrons. The molecule has 0 unspecified atom stereocenters. The molecule has 0 bridgehead atoms. The second kappa shape index (κ2) is 15.2. The quantitative estimate of drug-likeness (QED) is 0.0635. The Hall–Kier alpha value is -6.58. The maximum atomic E-state index is 12.6. The van der Waals surface area contributed by atoms with E-state index in [1.54, 1.807) is 0 Å². The van der Waals surface area contributed by atoms with E-state index in [9.17, 15) is 35.5 Å². The lowest BCUT2D eigenvalue weighted by Crippen LogP contribution is -2.20. The number of amides is 4. The van der Waals surface area contributed by atoms with Crippen LogP contribution in [0.25, 0.3) is 0 Å². The first-order chi connectivity index (χ1) is 25.2. The summed E-state index contributed by atoms with van der Waals surface area (Å²) in [6.07, 6.45) is 0. The van der Waals surface area contributed by atoms with E-state index in [2.05, 4.69) is 61.8 Å². The lowest BCUT2D eigenvalue weighted by atomic mass is 10.2. The molecule has 0 aliphatic heterocycles. The van der Waals surface area contributed by atoms with E-state index in [4.69, 9.17) is 46.1 Å². The van der Waals surface area contributed by atoms with Gasteiger partial charge in [0.25, 0.3) is 20.2 Å². The number of urea groups is 2. The number of nitrogens with two attached hydrogens (primary N) is 4. The van der Waals surface area contributed by atoms with Crippen LogP contribution in [0, 0.1) is 0 Å². The van der Waals surface area contributed by atoms with Gasteiger partial charge in [-0.3, -0.25) is 9.11 Å². The van der Waals surface area contributed by atoms with Gasteiger partial charge in [-0.1, -0.05) is 0 Å². The molecule has 0 fully saturated rings. The molecule has 3 aromatic carbocycles. The molecule has 5 aromatic rings. The van der Waals surface area contributed by atoms with E-state index in [0.717, 1.165) is 0 Å². The largest absolute Gasteiger partial charge is 0.397 e. The number of halogens is 2. The van der Waals surface area contributed by atoms with Crippen LogP contribution in [0.2, 0.25) is 10.6 Å². The van der Waals surface area contributed by atoms with Crippen LogP contribution in [0.3, 0.4) is 0 Å². The summed E-state index contributed by atoms with van der Waals surface area (Å²) >= 11 is 12.1. The molecular formula is C26H24Cl2N16O8S2. The highest BCUT2D eigenvalue weighted by Gasteiger charge is 2.26. The Balaban J connectivity index is 1.50. The number of nitrogen functional groups attached to an aromatic ring is 2. The van der Waals surface area contributed by atoms with Gasteiger partial charge in [0.2, 0.25) is 34.4 Å². The summed E-state index contributed by atoms with van der Waals surface area (Å²) < 4.78 is 70.5. The molecule has 5 rings (SSSR count). The van der Waals surface area contributed by atoms with Crippen LogP contribution in [-0.4, -0.2) is 67.9 Å². The van der Waals surface area contributed by atoms with Crippen molar-refractivity contribution in [2.75, 3.05) is 43.4 Å². The molecule has 0 spiro atoms. The van der Waals surface area contributed by atoms with Gasteiger partial charge in [0, 0.05) is 11.4 Å². The molecular weight excluding hydrogens is 799 g/mol. The third-order valence-electron chi connectivity index (χ3n) is 6.48. The number of nitrogens with zero attached hydrogens (tertiary/aromatic N) is 6. The minimum absolute atomic E-state index is 0.136. The highest BCUT2D eigenvalue weighted by molar-refractivity contribution is 7.86. The summed E-state index contributed by atoms with van der Waals surface area (Å²) in [7, 11) is -10.4. The second-order valence-corrected chi connectivity index (χ2v) is 13.8. The Morgan fingerprint density at radius 1 is 0.537 bits per heavy atom. The van der Waals surface area contributed by atoms with Crippen molar-refractivity contribution in [3.8, 4) is 0 Å². The highest BCUT2D eigenvalue weighted by atomic mass is 35.5. The summed E-state index contributed by atoms with van der Waals surface area (Å²) in [5.41, 5.74) is 21.8. The molecule has 28 heteroatoms. The second-order valence-electron chi connectivity index (χ2n) is 10.4. The number of anilines is 12. The van der Waals surface area contributed by atoms with Gasteiger partial charge in [-0.05, 0) is 71.7 Å². The van der Waals surface area contributed by atoms with Gasteiger partial charge in [0.05, 0.1) is 34.1 Å². The molecule has 0 saturated carbocycles. The molecule has 0 aliphatic rings. The number of primary amides is 2. The molecule has 0 saturated heterocycles. The molecule has 4 amide bonds. The minimum Gasteiger partial charge on any atom is -0.397 e. The van der Waals surface area contributed by atoms with E-state index in [-0.39, 0.29) is 46.0 Å². The molecule has 2 aromatic heterocycles. The average Bonchev–Trinajstić information content (AvgIpc) is 3.03. The third-order valence-corrected chi connectivity index (χ3v) is 8.61. The zero-order valence-electron chi connectivity index (χ0n) is 26.5. The van der Waals surface area contributed by atoms with Crippen LogP contribution in [-0.2, 0) is 20.2 Å². The lowest BCUT2D eigenvalue weighted by Gasteiger charge is -2.16. The van der Waals surface area contributed by atoms with Gasteiger partial charge in [0.15, 0.2) is 0 Å². The summed E-state index contributed by atoms with van der Waals surface area (Å²) in [5, 5.41) is 14.1. The van der Waals surface area contributed by atoms with E-state index < -0.39 is 75.9 Å². The van der Waals surface area contributed by atoms with Crippen molar-refractivity contribution < 1.29 is 35.5 Å². The molecule has 2 heterocycles. The Morgan fingerprint density at radius 2 is 0.870 bits per heavy atom. The van der Waals surface area contributed by atoms with Crippen LogP contribution in [0.4, 0.5) is 78.9 Å². The fourth-order valence-electron chi connectivity index (χ4n) is 4.36. The maximum Gasteiger partial charge on any atom is 0.316 e. The van der Waals surface area contributed by atoms with E-state index in [0.29, 0.717) is 12.1 Å². The van der Waals surface area contributed by atoms with Crippen molar-refractivity contribution in [3.63, 3.8) is 0 Å². The number of carbonyl (C=O) groups excluding carboxylic acids is 2. The SMILES string of the molecule is NC(=O)Nc1cc(Nc2nc(Cl)nc(Nc3cc(S(=O)(=O)O)c(Nc4nc(Cl)nc(Nc5ccc(N)c(NC(N)=O)c5)n4)cc3S(=O)(=O)O)n2)ccc1N. The average molecular weight is 824 g/mol. The van der Waals surface area contributed by atoms with Crippen LogP contribution in [0.1, 0.15) is 0 Å². The normalized spacial score (nSPS) is 11.3. The summed E-state index contributed by atoms with van der Waals surface area (Å²) in [6.45, 7) is 0. The zero-order valence-corrected chi connectivity index (χ0v) is 29.7. The first kappa shape index (κ1) is 38.6. The first-order valence-corrected chi connectivity index (χ1v) is 17.8. The predicted octanol–water partition coefficient (Wildman–Crippen LogP) is 2.98. The van der Waals surface area contributed by atoms with Gasteiger partial charge in [-0.15, -0.1) is 0 Å². The molecule has 16 N–H and O–H groups in total. The summed E-state index contributed by atoms with van der Waals surface area (Å²) in [6, 6.07) is 8.01. The first-order valence-electron chi connectivity index (χ1n) is 14.2. The lowest BCUT2D eigenvalue weighted by molar-refractivity contribution is 0.258. The number of aromatic nitrogens is 6. The van der Waals surface area contributed by atoms with Crippen LogP contribution in [0.5, 0.6) is 0 Å². The number of carbonyl (C=O) groups is 2. The molecule has 54 heavy (non-hydrogen) atoms. The van der Waals surface area contributed by atoms with Crippen LogP contribution in [0.15, 0.2) is 58.3 Å². The monoisotopic (exact) mass is 822 g/mol. The number of rotatable bonds is 12. The summed E-state index contributed by atoms with van der Waals surface area (Å²) in [5.74, 6) is -1.45. The number of hydrogen-bond donors (Lipinski definition) is 12. The van der Waals surface area contributed by atoms with Gasteiger partial charge in [-0.2, -0.15) is 46.7 Å². The smallest absolute Gasteiger partial charge is 0.316 e. The zero-order chi connectivity index (χ0) is 39.5. The van der Waals surface area contributed by atoms with Crippen molar-refractivity contribution in [2.45, 2.75) is 9.79 Å². The number of hydrogen-bond acceptors (Lipinski definition) is 18. The minimum atomic E-state index is -5.19. The molecule has 0 aliphatic carbocycles. The third kappa shape index (κ3) is 9.84. The standard InChI is InChI=1S/C26H24Cl2N16O8S2/c27-19-39-23(33-9-1-3-11(29)13(5-9)35-21(31)45)43-25(41-19)37-15-7-18(54(50,51)52)16(8-17(15)53(47,48)49)38-26-42-20(28)40-24(44-26)34-10-2-4-12(30)14(6-10)36-22(32)46/h1-8H,29-30H2,(H3,31,35,45)(H3,32,36,46)(H,47,48,49)(H,50,51,52)(H2,33,37,39,41,43)(H2,34,38,40,42,44). The Bertz CT molecular complexity index is 2370. The van der Waals surface area contributed by atoms with E-state index >= 15 is 0 Å². The molecule has 0 radical (unpaired) electrons. The summed E-state index contributed by atoms with van der Waals surface area (Å²) in [4.78, 5) is 44.3. The van der Waals surface area contributed by atoms with E-state index in [1.807, 2.05) is 0 Å². The van der Waals surface area contributed by atoms with Crippen molar-refractivity contribution in [1.29, 1.82) is 0 Å². The van der Waals surface area contributed by atoms with Crippen molar-refractivity contribution in [2.24, 2.45) is 11.5 Å². The topological polar surface area (TPSA) is 396 Å². The number of benzene rings is 3. The van der Waals surface area contributed by atoms with Crippen LogP contribution >= 0.6 is 23.2 Å². The fraction of sp³-hybridized carbons (Fsp3) is 0. The highest BCUT2D eigenvalue weighted by Crippen LogP contribution is 2.35. The Labute approximate surface area is 313 Å². The van der Waals surface area contributed by atoms with Crippen LogP contribution < -0.4 is 54.8 Å². The molecule has 24 nitrogen and oxygen atoms in total. The van der Waals surface area contributed by atoms with Crippen molar-refractivity contribution in [1.82, 2.24) is 29.9 Å². The Kier molecular flexibility index (Phi) is 10.9. The van der Waals surface area contributed by atoms with Crippen molar-refractivity contribution >= 4 is 125 Å². The predicted molar refractivity (Wildman–Crippen MR) is 197 cm³/mol. The van der Waals surface area contributed by atoms with Gasteiger partial charge in [-0.25, -0.2) is 9.59 Å². The van der Waals surface area contributed by atoms with E-state index in [1.165, 1.54) is 36.4 Å². The fourth-order valence-corrected chi connectivity index (χ4v) is 5.98. The maximum absolute atomic E-state index is 12.6. The number of nitrogens with one attached hydrogen (secondary N) is 6. The van der Waals surface area contributed by atoms with Crippen molar-refractivity contribution in [3.05, 3.63) is 59.1 Å². The molecule has 0 atom stereocenters. The Morgan fingerprint density at radius 3 is 1.19 bits per heavy atom. The van der Waals surface area contributed by atoms with Gasteiger partial charge >= 0.3 is 12.1 Å². The van der Waals surface area contributed by atoms with Gasteiger partial charge in [0.1, 0.15) is 9.79 Å². The van der Waals surface area contributed by atoms with Gasteiger partial charge < -0.3 is 54.8 Å².